The first-order valence-electron chi connectivity index (χ1n) is 3.30. The molecule has 1 N–H and O–H groups in total. The Morgan fingerprint density at radius 1 is 1.80 bits per heavy atom. The molecule has 1 saturated heterocycles. The Balaban J connectivity index is 2.48. The quantitative estimate of drug-likeness (QED) is 0.596. The van der Waals surface area contributed by atoms with Crippen LogP contribution in [-0.2, 0) is 13.6 Å². The molecule has 1 heterocycles. The second-order valence-corrected chi connectivity index (χ2v) is 3.63. The standard InChI is InChI=1S/C5H11O4P/c1-2-5-3-4-8-10(6,7)9-5/h5H,2-4H2,1H3,(H,6,7). The van der Waals surface area contributed by atoms with Crippen molar-refractivity contribution >= 4 is 7.82 Å². The van der Waals surface area contributed by atoms with Gasteiger partial charge in [-0.15, -0.1) is 0 Å². The second kappa shape index (κ2) is 3.01. The monoisotopic (exact) mass is 166 g/mol. The van der Waals surface area contributed by atoms with Gasteiger partial charge in [-0.3, -0.25) is 9.05 Å². The number of hydrogen-bond donors (Lipinski definition) is 1. The maximum absolute atomic E-state index is 10.7. The molecule has 1 rings (SSSR count). The average Bonchev–Trinajstić information content (AvgIpc) is 1.86. The Labute approximate surface area is 59.8 Å². The van der Waals surface area contributed by atoms with E-state index in [2.05, 4.69) is 4.52 Å². The smallest absolute Gasteiger partial charge is 0.302 e. The van der Waals surface area contributed by atoms with Gasteiger partial charge < -0.3 is 4.89 Å². The van der Waals surface area contributed by atoms with Gasteiger partial charge in [0.1, 0.15) is 0 Å². The molecule has 0 bridgehead atoms. The number of phosphoric ester groups is 1. The highest BCUT2D eigenvalue weighted by Gasteiger charge is 2.30. The van der Waals surface area contributed by atoms with Gasteiger partial charge in [0.05, 0.1) is 12.7 Å². The molecule has 0 radical (unpaired) electrons. The van der Waals surface area contributed by atoms with Gasteiger partial charge in [0.15, 0.2) is 0 Å². The molecule has 1 aliphatic rings. The molecular formula is C5H11O4P. The molecule has 5 heteroatoms. The van der Waals surface area contributed by atoms with E-state index in [-0.39, 0.29) is 6.10 Å². The molecule has 2 atom stereocenters. The van der Waals surface area contributed by atoms with Crippen molar-refractivity contribution in [2.24, 2.45) is 0 Å². The van der Waals surface area contributed by atoms with Crippen LogP contribution in [0.4, 0.5) is 0 Å². The number of hydrogen-bond acceptors (Lipinski definition) is 3. The SMILES string of the molecule is CCC1CCOP(=O)(O)O1. The maximum atomic E-state index is 10.7. The third kappa shape index (κ3) is 2.06. The molecule has 0 saturated carbocycles. The Morgan fingerprint density at radius 3 is 2.90 bits per heavy atom. The third-order valence-corrected chi connectivity index (χ3v) is 2.51. The van der Waals surface area contributed by atoms with Gasteiger partial charge in [0.25, 0.3) is 0 Å². The summed E-state index contributed by atoms with van der Waals surface area (Å²) in [7, 11) is -3.66. The van der Waals surface area contributed by atoms with Crippen LogP contribution in [-0.4, -0.2) is 17.6 Å². The number of phosphoric acid groups is 1. The summed E-state index contributed by atoms with van der Waals surface area (Å²) in [5, 5.41) is 0. The summed E-state index contributed by atoms with van der Waals surface area (Å²) < 4.78 is 19.9. The topological polar surface area (TPSA) is 55.8 Å². The molecule has 4 nitrogen and oxygen atoms in total. The first-order chi connectivity index (χ1) is 4.64. The van der Waals surface area contributed by atoms with Crippen molar-refractivity contribution in [2.75, 3.05) is 6.61 Å². The minimum atomic E-state index is -3.66. The van der Waals surface area contributed by atoms with E-state index in [4.69, 9.17) is 9.42 Å². The van der Waals surface area contributed by atoms with E-state index in [0.717, 1.165) is 6.42 Å². The van der Waals surface area contributed by atoms with Crippen LogP contribution < -0.4 is 0 Å². The van der Waals surface area contributed by atoms with Crippen molar-refractivity contribution in [1.82, 2.24) is 0 Å². The van der Waals surface area contributed by atoms with Crippen LogP contribution in [0.25, 0.3) is 0 Å². The molecule has 0 spiro atoms. The van der Waals surface area contributed by atoms with E-state index in [1.807, 2.05) is 6.92 Å². The first-order valence-corrected chi connectivity index (χ1v) is 4.79. The van der Waals surface area contributed by atoms with Crippen LogP contribution in [0.15, 0.2) is 0 Å². The van der Waals surface area contributed by atoms with E-state index in [1.165, 1.54) is 0 Å². The summed E-state index contributed by atoms with van der Waals surface area (Å²) in [5.74, 6) is 0. The zero-order chi connectivity index (χ0) is 7.61. The predicted octanol–water partition coefficient (Wildman–Crippen LogP) is 1.30. The van der Waals surface area contributed by atoms with E-state index in [1.54, 1.807) is 0 Å². The Hall–Kier alpha value is 0.110. The van der Waals surface area contributed by atoms with Crippen molar-refractivity contribution in [1.29, 1.82) is 0 Å². The van der Waals surface area contributed by atoms with Crippen molar-refractivity contribution in [3.63, 3.8) is 0 Å². The van der Waals surface area contributed by atoms with Crippen LogP contribution in [0.3, 0.4) is 0 Å². The fraction of sp³-hybridized carbons (Fsp3) is 1.00. The minimum absolute atomic E-state index is 0.107. The molecule has 1 aliphatic heterocycles. The zero-order valence-electron chi connectivity index (χ0n) is 5.82. The predicted molar refractivity (Wildman–Crippen MR) is 35.6 cm³/mol. The molecule has 0 aromatic rings. The van der Waals surface area contributed by atoms with Gasteiger partial charge >= 0.3 is 7.82 Å². The van der Waals surface area contributed by atoms with E-state index in [0.29, 0.717) is 13.0 Å². The number of rotatable bonds is 1. The fourth-order valence-corrected chi connectivity index (χ4v) is 1.88. The summed E-state index contributed by atoms with van der Waals surface area (Å²) in [6.07, 6.45) is 1.36. The van der Waals surface area contributed by atoms with Crippen LogP contribution in [0.1, 0.15) is 19.8 Å². The molecule has 0 aliphatic carbocycles. The lowest BCUT2D eigenvalue weighted by molar-refractivity contribution is 0.0457. The minimum Gasteiger partial charge on any atom is -0.302 e. The summed E-state index contributed by atoms with van der Waals surface area (Å²) in [4.78, 5) is 8.79. The van der Waals surface area contributed by atoms with Crippen LogP contribution in [0.2, 0.25) is 0 Å². The van der Waals surface area contributed by atoms with E-state index in [9.17, 15) is 4.57 Å². The Morgan fingerprint density at radius 2 is 2.50 bits per heavy atom. The fourth-order valence-electron chi connectivity index (χ4n) is 0.850. The normalized spacial score (nSPS) is 41.6. The van der Waals surface area contributed by atoms with Crippen molar-refractivity contribution < 1.29 is 18.5 Å². The second-order valence-electron chi connectivity index (χ2n) is 2.23. The Kier molecular flexibility index (Phi) is 2.47. The largest absolute Gasteiger partial charge is 0.472 e. The van der Waals surface area contributed by atoms with Gasteiger partial charge in [-0.1, -0.05) is 6.92 Å². The van der Waals surface area contributed by atoms with E-state index >= 15 is 0 Å². The van der Waals surface area contributed by atoms with Crippen LogP contribution >= 0.6 is 7.82 Å². The van der Waals surface area contributed by atoms with Gasteiger partial charge in [-0.25, -0.2) is 4.57 Å². The maximum Gasteiger partial charge on any atom is 0.472 e. The summed E-state index contributed by atoms with van der Waals surface area (Å²) in [5.41, 5.74) is 0. The summed E-state index contributed by atoms with van der Waals surface area (Å²) in [6, 6.07) is 0. The molecule has 10 heavy (non-hydrogen) atoms. The Bertz CT molecular complexity index is 158. The van der Waals surface area contributed by atoms with Gasteiger partial charge in [0, 0.05) is 0 Å². The lowest BCUT2D eigenvalue weighted by Gasteiger charge is -2.24. The molecule has 2 unspecified atom stereocenters. The highest BCUT2D eigenvalue weighted by Crippen LogP contribution is 2.48. The van der Waals surface area contributed by atoms with Crippen molar-refractivity contribution in [2.45, 2.75) is 25.9 Å². The molecule has 1 fully saturated rings. The molecular weight excluding hydrogens is 155 g/mol. The highest BCUT2D eigenvalue weighted by molar-refractivity contribution is 7.47. The van der Waals surface area contributed by atoms with Crippen molar-refractivity contribution in [3.8, 4) is 0 Å². The van der Waals surface area contributed by atoms with E-state index < -0.39 is 7.82 Å². The summed E-state index contributed by atoms with van der Waals surface area (Å²) >= 11 is 0. The molecule has 0 aromatic carbocycles. The third-order valence-electron chi connectivity index (χ3n) is 1.43. The lowest BCUT2D eigenvalue weighted by Crippen LogP contribution is -2.19. The molecule has 0 aromatic heterocycles. The first kappa shape index (κ1) is 8.21. The van der Waals surface area contributed by atoms with Crippen LogP contribution in [0, 0.1) is 0 Å². The zero-order valence-corrected chi connectivity index (χ0v) is 6.71. The molecule has 0 amide bonds. The van der Waals surface area contributed by atoms with Gasteiger partial charge in [0.2, 0.25) is 0 Å². The van der Waals surface area contributed by atoms with Gasteiger partial charge in [-0.2, -0.15) is 0 Å². The summed E-state index contributed by atoms with van der Waals surface area (Å²) in [6.45, 7) is 2.24. The average molecular weight is 166 g/mol. The highest BCUT2D eigenvalue weighted by atomic mass is 31.2. The molecule has 60 valence electrons. The van der Waals surface area contributed by atoms with Gasteiger partial charge in [-0.05, 0) is 12.8 Å². The van der Waals surface area contributed by atoms with Crippen LogP contribution in [0.5, 0.6) is 0 Å². The lowest BCUT2D eigenvalue weighted by atomic mass is 10.2. The van der Waals surface area contributed by atoms with Crippen molar-refractivity contribution in [3.05, 3.63) is 0 Å².